The minimum Gasteiger partial charge on any atom is -0.337 e. The van der Waals surface area contributed by atoms with E-state index in [1.54, 1.807) is 4.90 Å². The zero-order valence-corrected chi connectivity index (χ0v) is 13.0. The van der Waals surface area contributed by atoms with E-state index in [9.17, 15) is 4.79 Å². The van der Waals surface area contributed by atoms with Gasteiger partial charge in [-0.25, -0.2) is 0 Å². The monoisotopic (exact) mass is 294 g/mol. The minimum atomic E-state index is -0.692. The van der Waals surface area contributed by atoms with Gasteiger partial charge in [0.1, 0.15) is 0 Å². The molecule has 0 heterocycles. The molecule has 0 radical (unpaired) electrons. The second-order valence-electron chi connectivity index (χ2n) is 5.83. The zero-order chi connectivity index (χ0) is 14.8. The first kappa shape index (κ1) is 15.3. The average molecular weight is 295 g/mol. The molecule has 1 aliphatic rings. The fourth-order valence-corrected chi connectivity index (χ4v) is 3.24. The fraction of sp³-hybridized carbons (Fsp3) is 0.562. The van der Waals surface area contributed by atoms with Crippen LogP contribution >= 0.6 is 11.6 Å². The molecule has 2 rings (SSSR count). The number of amides is 1. The summed E-state index contributed by atoms with van der Waals surface area (Å²) in [7, 11) is 1.82. The quantitative estimate of drug-likeness (QED) is 0.927. The molecule has 3 nitrogen and oxygen atoms in total. The van der Waals surface area contributed by atoms with Crippen LogP contribution < -0.4 is 5.73 Å². The summed E-state index contributed by atoms with van der Waals surface area (Å²) in [6.45, 7) is 1.99. The Morgan fingerprint density at radius 3 is 2.50 bits per heavy atom. The van der Waals surface area contributed by atoms with Crippen LogP contribution in [0.3, 0.4) is 0 Å². The molecule has 1 fully saturated rings. The van der Waals surface area contributed by atoms with Crippen molar-refractivity contribution in [2.75, 3.05) is 7.05 Å². The Balaban J connectivity index is 2.16. The fourth-order valence-electron chi connectivity index (χ4n) is 2.95. The van der Waals surface area contributed by atoms with Crippen LogP contribution in [-0.2, 0) is 4.79 Å². The van der Waals surface area contributed by atoms with E-state index >= 15 is 0 Å². The van der Waals surface area contributed by atoms with Gasteiger partial charge in [0.15, 0.2) is 0 Å². The molecule has 0 spiro atoms. The molecule has 1 amide bonds. The first-order valence-electron chi connectivity index (χ1n) is 7.26. The number of carbonyl (C=O) groups is 1. The van der Waals surface area contributed by atoms with Crippen molar-refractivity contribution in [3.8, 4) is 0 Å². The van der Waals surface area contributed by atoms with Gasteiger partial charge in [-0.15, -0.1) is 0 Å². The third-order valence-corrected chi connectivity index (χ3v) is 4.77. The van der Waals surface area contributed by atoms with E-state index in [0.717, 1.165) is 31.2 Å². The number of nitrogens with zero attached hydrogens (tertiary/aromatic N) is 1. The molecule has 1 saturated carbocycles. The number of likely N-dealkylation sites (N-methyl/N-ethyl adjacent to an activating group) is 1. The predicted molar refractivity (Wildman–Crippen MR) is 82.6 cm³/mol. The number of rotatable bonds is 3. The Morgan fingerprint density at radius 1 is 1.30 bits per heavy atom. The van der Waals surface area contributed by atoms with E-state index in [-0.39, 0.29) is 11.9 Å². The molecule has 1 unspecified atom stereocenters. The highest BCUT2D eigenvalue weighted by molar-refractivity contribution is 6.31. The van der Waals surface area contributed by atoms with E-state index in [0.29, 0.717) is 5.02 Å². The van der Waals surface area contributed by atoms with Crippen molar-refractivity contribution >= 4 is 17.5 Å². The highest BCUT2D eigenvalue weighted by atomic mass is 35.5. The van der Waals surface area contributed by atoms with Gasteiger partial charge in [-0.1, -0.05) is 49.1 Å². The van der Waals surface area contributed by atoms with Gasteiger partial charge in [-0.3, -0.25) is 4.79 Å². The number of halogens is 1. The lowest BCUT2D eigenvalue weighted by atomic mass is 9.81. The van der Waals surface area contributed by atoms with Crippen LogP contribution in [-0.4, -0.2) is 23.4 Å². The van der Waals surface area contributed by atoms with Gasteiger partial charge >= 0.3 is 0 Å². The summed E-state index contributed by atoms with van der Waals surface area (Å²) in [5.41, 5.74) is 6.60. The van der Waals surface area contributed by atoms with Crippen LogP contribution in [0, 0.1) is 0 Å². The molecule has 1 atom stereocenters. The predicted octanol–water partition coefficient (Wildman–Crippen LogP) is 3.52. The molecule has 1 aliphatic carbocycles. The van der Waals surface area contributed by atoms with Gasteiger partial charge < -0.3 is 10.6 Å². The van der Waals surface area contributed by atoms with Crippen LogP contribution in [0.1, 0.15) is 50.6 Å². The molecule has 0 bridgehead atoms. The van der Waals surface area contributed by atoms with Gasteiger partial charge in [0, 0.05) is 12.1 Å². The van der Waals surface area contributed by atoms with Crippen LogP contribution in [0.2, 0.25) is 5.02 Å². The van der Waals surface area contributed by atoms with E-state index < -0.39 is 5.54 Å². The summed E-state index contributed by atoms with van der Waals surface area (Å²) in [6.07, 6.45) is 4.82. The number of nitrogens with two attached hydrogens (primary N) is 1. The SMILES string of the molecule is CC(c1ccccc1Cl)N(C)C(=O)C1(N)CCCCC1. The van der Waals surface area contributed by atoms with Crippen molar-refractivity contribution in [3.63, 3.8) is 0 Å². The normalized spacial score (nSPS) is 19.4. The molecule has 20 heavy (non-hydrogen) atoms. The maximum atomic E-state index is 12.7. The Labute approximate surface area is 126 Å². The smallest absolute Gasteiger partial charge is 0.242 e. The number of hydrogen-bond donors (Lipinski definition) is 1. The summed E-state index contributed by atoms with van der Waals surface area (Å²) >= 11 is 6.22. The second kappa shape index (κ2) is 6.15. The summed E-state index contributed by atoms with van der Waals surface area (Å²) < 4.78 is 0. The summed E-state index contributed by atoms with van der Waals surface area (Å²) in [5.74, 6) is 0.0321. The second-order valence-corrected chi connectivity index (χ2v) is 6.24. The maximum Gasteiger partial charge on any atom is 0.242 e. The highest BCUT2D eigenvalue weighted by Crippen LogP contribution is 2.32. The minimum absolute atomic E-state index is 0.0321. The van der Waals surface area contributed by atoms with Gasteiger partial charge in [-0.05, 0) is 31.4 Å². The van der Waals surface area contributed by atoms with Gasteiger partial charge in [-0.2, -0.15) is 0 Å². The van der Waals surface area contributed by atoms with Gasteiger partial charge in [0.25, 0.3) is 0 Å². The third kappa shape index (κ3) is 2.99. The number of benzene rings is 1. The molecular formula is C16H23ClN2O. The lowest BCUT2D eigenvalue weighted by Gasteiger charge is -2.38. The topological polar surface area (TPSA) is 46.3 Å². The third-order valence-electron chi connectivity index (χ3n) is 4.43. The standard InChI is InChI=1S/C16H23ClN2O/c1-12(13-8-4-5-9-14(13)17)19(2)15(20)16(18)10-6-3-7-11-16/h4-5,8-9,12H,3,6-7,10-11,18H2,1-2H3. The van der Waals surface area contributed by atoms with E-state index in [1.807, 2.05) is 38.2 Å². The molecule has 0 aromatic heterocycles. The van der Waals surface area contributed by atoms with Crippen LogP contribution in [0.15, 0.2) is 24.3 Å². The van der Waals surface area contributed by atoms with Gasteiger partial charge in [0.2, 0.25) is 5.91 Å². The molecule has 110 valence electrons. The molecule has 0 aliphatic heterocycles. The van der Waals surface area contributed by atoms with E-state index in [4.69, 9.17) is 17.3 Å². The first-order valence-corrected chi connectivity index (χ1v) is 7.64. The Morgan fingerprint density at radius 2 is 1.90 bits per heavy atom. The molecular weight excluding hydrogens is 272 g/mol. The van der Waals surface area contributed by atoms with E-state index in [1.165, 1.54) is 6.42 Å². The Hall–Kier alpha value is -1.06. The van der Waals surface area contributed by atoms with Crippen molar-refractivity contribution in [2.45, 2.75) is 50.6 Å². The number of hydrogen-bond acceptors (Lipinski definition) is 2. The van der Waals surface area contributed by atoms with Crippen molar-refractivity contribution < 1.29 is 4.79 Å². The first-order chi connectivity index (χ1) is 9.46. The highest BCUT2D eigenvalue weighted by Gasteiger charge is 2.38. The maximum absolute atomic E-state index is 12.7. The zero-order valence-electron chi connectivity index (χ0n) is 12.2. The summed E-state index contributed by atoms with van der Waals surface area (Å²) in [5, 5.41) is 0.689. The molecule has 1 aromatic rings. The number of carbonyl (C=O) groups excluding carboxylic acids is 1. The van der Waals surface area contributed by atoms with E-state index in [2.05, 4.69) is 0 Å². The van der Waals surface area contributed by atoms with Gasteiger partial charge in [0.05, 0.1) is 11.6 Å². The summed E-state index contributed by atoms with van der Waals surface area (Å²) in [4.78, 5) is 14.4. The Bertz CT molecular complexity index is 483. The Kier molecular flexibility index (Phi) is 4.71. The molecule has 2 N–H and O–H groups in total. The molecule has 4 heteroatoms. The van der Waals surface area contributed by atoms with Crippen LogP contribution in [0.4, 0.5) is 0 Å². The summed E-state index contributed by atoms with van der Waals surface area (Å²) in [6, 6.07) is 7.57. The van der Waals surface area contributed by atoms with Crippen molar-refractivity contribution in [1.29, 1.82) is 0 Å². The lowest BCUT2D eigenvalue weighted by molar-refractivity contribution is -0.138. The van der Waals surface area contributed by atoms with Crippen molar-refractivity contribution in [3.05, 3.63) is 34.9 Å². The van der Waals surface area contributed by atoms with Crippen molar-refractivity contribution in [1.82, 2.24) is 4.90 Å². The average Bonchev–Trinajstić information content (AvgIpc) is 2.46. The van der Waals surface area contributed by atoms with Crippen LogP contribution in [0.25, 0.3) is 0 Å². The largest absolute Gasteiger partial charge is 0.337 e. The van der Waals surface area contributed by atoms with Crippen molar-refractivity contribution in [2.24, 2.45) is 5.73 Å². The lowest BCUT2D eigenvalue weighted by Crippen LogP contribution is -2.55. The van der Waals surface area contributed by atoms with Crippen LogP contribution in [0.5, 0.6) is 0 Å². The molecule has 0 saturated heterocycles. The molecule has 1 aromatic carbocycles.